The molecule has 30 heavy (non-hydrogen) atoms. The van der Waals surface area contributed by atoms with Crippen molar-refractivity contribution in [1.82, 2.24) is 5.32 Å². The van der Waals surface area contributed by atoms with Crippen LogP contribution in [0.2, 0.25) is 0 Å². The number of fused-ring (bicyclic) bond motifs is 1. The van der Waals surface area contributed by atoms with Gasteiger partial charge in [-0.1, -0.05) is 42.5 Å². The van der Waals surface area contributed by atoms with E-state index in [2.05, 4.69) is 5.32 Å². The van der Waals surface area contributed by atoms with Gasteiger partial charge in [-0.25, -0.2) is 0 Å². The fourth-order valence-corrected chi connectivity index (χ4v) is 3.22. The van der Waals surface area contributed by atoms with Crippen LogP contribution in [0.5, 0.6) is 11.5 Å². The Labute approximate surface area is 174 Å². The molecule has 0 aliphatic carbocycles. The molecule has 0 aliphatic rings. The lowest BCUT2D eigenvalue weighted by atomic mass is 10.0. The average molecular weight is 406 g/mol. The summed E-state index contributed by atoms with van der Waals surface area (Å²) < 4.78 is 10.3. The average Bonchev–Trinajstić information content (AvgIpc) is 2.77. The second-order valence-corrected chi connectivity index (χ2v) is 6.54. The smallest absolute Gasteiger partial charge is 0.276 e. The minimum Gasteiger partial charge on any atom is -0.493 e. The first-order valence-corrected chi connectivity index (χ1v) is 9.36. The molecule has 0 fully saturated rings. The molecule has 0 aromatic heterocycles. The number of carbonyl (C=O) groups excluding carboxylic acids is 1. The second-order valence-electron chi connectivity index (χ2n) is 6.54. The van der Waals surface area contributed by atoms with Crippen LogP contribution in [-0.4, -0.2) is 31.6 Å². The van der Waals surface area contributed by atoms with Crippen molar-refractivity contribution < 1.29 is 19.2 Å². The maximum absolute atomic E-state index is 12.2. The molecule has 0 aliphatic heterocycles. The zero-order valence-corrected chi connectivity index (χ0v) is 16.8. The zero-order chi connectivity index (χ0) is 21.5. The number of amides is 1. The summed E-state index contributed by atoms with van der Waals surface area (Å²) in [6.45, 7) is 0.245. The molecule has 0 saturated heterocycles. The minimum atomic E-state index is -0.473. The van der Waals surface area contributed by atoms with Gasteiger partial charge in [0, 0.05) is 18.2 Å². The lowest BCUT2D eigenvalue weighted by molar-refractivity contribution is -0.385. The van der Waals surface area contributed by atoms with E-state index in [1.54, 1.807) is 12.1 Å². The number of nitro benzene ring substituents is 1. The number of nitrogens with zero attached hydrogens (tertiary/aromatic N) is 1. The maximum Gasteiger partial charge on any atom is 0.276 e. The van der Waals surface area contributed by atoms with Crippen LogP contribution in [-0.2, 0) is 11.2 Å². The van der Waals surface area contributed by atoms with Gasteiger partial charge in [0.1, 0.15) is 0 Å². The monoisotopic (exact) mass is 406 g/mol. The molecule has 3 aromatic rings. The van der Waals surface area contributed by atoms with Crippen LogP contribution in [0.15, 0.2) is 60.7 Å². The lowest BCUT2D eigenvalue weighted by Crippen LogP contribution is -2.23. The van der Waals surface area contributed by atoms with Crippen LogP contribution in [0.1, 0.15) is 11.1 Å². The number of nitro groups is 1. The third-order valence-electron chi connectivity index (χ3n) is 4.71. The van der Waals surface area contributed by atoms with Crippen molar-refractivity contribution in [3.05, 3.63) is 81.9 Å². The summed E-state index contributed by atoms with van der Waals surface area (Å²) in [5.41, 5.74) is 1.32. The van der Waals surface area contributed by atoms with Gasteiger partial charge in [-0.3, -0.25) is 14.9 Å². The van der Waals surface area contributed by atoms with Gasteiger partial charge >= 0.3 is 0 Å². The SMILES string of the molecule is COc1cc(CCNC(=O)/C=C/c2cccc3ccccc23)c([N+](=O)[O-])cc1OC. The molecule has 0 atom stereocenters. The van der Waals surface area contributed by atoms with Crippen LogP contribution >= 0.6 is 0 Å². The topological polar surface area (TPSA) is 90.7 Å². The highest BCUT2D eigenvalue weighted by atomic mass is 16.6. The van der Waals surface area contributed by atoms with E-state index in [1.165, 1.54) is 26.4 Å². The molecule has 1 amide bonds. The van der Waals surface area contributed by atoms with E-state index in [4.69, 9.17) is 9.47 Å². The molecule has 0 radical (unpaired) electrons. The molecule has 0 bridgehead atoms. The number of methoxy groups -OCH3 is 2. The van der Waals surface area contributed by atoms with Crippen molar-refractivity contribution in [1.29, 1.82) is 0 Å². The normalized spacial score (nSPS) is 10.9. The maximum atomic E-state index is 12.2. The van der Waals surface area contributed by atoms with Gasteiger partial charge < -0.3 is 14.8 Å². The predicted octanol–water partition coefficient (Wildman–Crippen LogP) is 4.14. The predicted molar refractivity (Wildman–Crippen MR) is 116 cm³/mol. The second kappa shape index (κ2) is 9.56. The summed E-state index contributed by atoms with van der Waals surface area (Å²) >= 11 is 0. The summed E-state index contributed by atoms with van der Waals surface area (Å²) in [4.78, 5) is 23.1. The van der Waals surface area contributed by atoms with Crippen molar-refractivity contribution in [3.8, 4) is 11.5 Å². The third-order valence-corrected chi connectivity index (χ3v) is 4.71. The largest absolute Gasteiger partial charge is 0.493 e. The van der Waals surface area contributed by atoms with E-state index in [0.29, 0.717) is 11.3 Å². The Morgan fingerprint density at radius 2 is 1.77 bits per heavy atom. The van der Waals surface area contributed by atoms with Crippen LogP contribution < -0.4 is 14.8 Å². The van der Waals surface area contributed by atoms with Gasteiger partial charge in [-0.2, -0.15) is 0 Å². The standard InChI is InChI=1S/C23H22N2O5/c1-29-21-14-18(20(25(27)28)15-22(21)30-2)12-13-24-23(26)11-10-17-8-5-7-16-6-3-4-9-19(16)17/h3-11,14-15H,12-13H2,1-2H3,(H,24,26)/b11-10+. The number of hydrogen-bond donors (Lipinski definition) is 1. The zero-order valence-electron chi connectivity index (χ0n) is 16.8. The van der Waals surface area contributed by atoms with Crippen molar-refractivity contribution in [2.45, 2.75) is 6.42 Å². The van der Waals surface area contributed by atoms with Crippen LogP contribution in [0.3, 0.4) is 0 Å². The van der Waals surface area contributed by atoms with Crippen molar-refractivity contribution in [2.24, 2.45) is 0 Å². The molecular weight excluding hydrogens is 384 g/mol. The third kappa shape index (κ3) is 4.75. The highest BCUT2D eigenvalue weighted by Gasteiger charge is 2.19. The van der Waals surface area contributed by atoms with E-state index >= 15 is 0 Å². The lowest BCUT2D eigenvalue weighted by Gasteiger charge is -2.10. The molecular formula is C23H22N2O5. The summed E-state index contributed by atoms with van der Waals surface area (Å²) in [6, 6.07) is 16.7. The highest BCUT2D eigenvalue weighted by molar-refractivity contribution is 5.96. The quantitative estimate of drug-likeness (QED) is 0.345. The number of hydrogen-bond acceptors (Lipinski definition) is 5. The van der Waals surface area contributed by atoms with E-state index in [1.807, 2.05) is 42.5 Å². The fraction of sp³-hybridized carbons (Fsp3) is 0.174. The molecule has 154 valence electrons. The van der Waals surface area contributed by atoms with E-state index in [0.717, 1.165) is 16.3 Å². The first-order valence-electron chi connectivity index (χ1n) is 9.36. The Balaban J connectivity index is 1.67. The molecule has 0 heterocycles. The van der Waals surface area contributed by atoms with Crippen LogP contribution in [0, 0.1) is 10.1 Å². The van der Waals surface area contributed by atoms with Crippen molar-refractivity contribution >= 4 is 28.4 Å². The molecule has 0 spiro atoms. The first-order chi connectivity index (χ1) is 14.5. The van der Waals surface area contributed by atoms with Crippen LogP contribution in [0.25, 0.3) is 16.8 Å². The van der Waals surface area contributed by atoms with Crippen molar-refractivity contribution in [3.63, 3.8) is 0 Å². The molecule has 3 rings (SSSR count). The molecule has 1 N–H and O–H groups in total. The number of benzene rings is 3. The Morgan fingerprint density at radius 3 is 2.50 bits per heavy atom. The highest BCUT2D eigenvalue weighted by Crippen LogP contribution is 2.34. The Hall–Kier alpha value is -3.87. The van der Waals surface area contributed by atoms with Gasteiger partial charge in [0.2, 0.25) is 5.91 Å². The number of carbonyl (C=O) groups is 1. The molecule has 3 aromatic carbocycles. The van der Waals surface area contributed by atoms with Gasteiger partial charge in [0.25, 0.3) is 5.69 Å². The number of rotatable bonds is 8. The van der Waals surface area contributed by atoms with Gasteiger partial charge in [0.15, 0.2) is 11.5 Å². The summed E-state index contributed by atoms with van der Waals surface area (Å²) in [6.07, 6.45) is 3.51. The Kier molecular flexibility index (Phi) is 6.64. The number of nitrogens with one attached hydrogen (secondary N) is 1. The summed E-state index contributed by atoms with van der Waals surface area (Å²) in [7, 11) is 2.89. The van der Waals surface area contributed by atoms with Crippen LogP contribution in [0.4, 0.5) is 5.69 Å². The van der Waals surface area contributed by atoms with Gasteiger partial charge in [-0.05, 0) is 34.9 Å². The van der Waals surface area contributed by atoms with E-state index in [-0.39, 0.29) is 30.3 Å². The first kappa shape index (κ1) is 20.9. The molecule has 0 unspecified atom stereocenters. The van der Waals surface area contributed by atoms with E-state index in [9.17, 15) is 14.9 Å². The summed E-state index contributed by atoms with van der Waals surface area (Å²) in [5.74, 6) is 0.418. The molecule has 0 saturated carbocycles. The minimum absolute atomic E-state index is 0.0757. The fourth-order valence-electron chi connectivity index (χ4n) is 3.22. The van der Waals surface area contributed by atoms with Crippen molar-refractivity contribution in [2.75, 3.05) is 20.8 Å². The van der Waals surface area contributed by atoms with E-state index < -0.39 is 4.92 Å². The summed E-state index contributed by atoms with van der Waals surface area (Å²) in [5, 5.41) is 16.3. The molecule has 7 nitrogen and oxygen atoms in total. The van der Waals surface area contributed by atoms with Gasteiger partial charge in [-0.15, -0.1) is 0 Å². The van der Waals surface area contributed by atoms with Gasteiger partial charge in [0.05, 0.1) is 25.2 Å². The number of ether oxygens (including phenoxy) is 2. The Morgan fingerprint density at radius 1 is 1.07 bits per heavy atom. The molecule has 7 heteroatoms. The Bertz CT molecular complexity index is 1100.